The molecule has 64 valence electrons. The molecule has 0 N–H and O–H groups in total. The summed E-state index contributed by atoms with van der Waals surface area (Å²) in [6.07, 6.45) is 2.71. The lowest BCUT2D eigenvalue weighted by atomic mass is 10.1. The van der Waals surface area contributed by atoms with E-state index in [0.29, 0.717) is 5.88 Å². The predicted octanol–water partition coefficient (Wildman–Crippen LogP) is 4.07. The molecule has 0 amide bonds. The number of benzene rings is 1. The van der Waals surface area contributed by atoms with Gasteiger partial charge in [0.1, 0.15) is 0 Å². The molecule has 1 fully saturated rings. The third-order valence-corrected chi connectivity index (χ3v) is 3.30. The van der Waals surface area contributed by atoms with E-state index in [9.17, 15) is 0 Å². The number of alkyl halides is 1. The Kier molecular flexibility index (Phi) is 2.42. The van der Waals surface area contributed by atoms with E-state index < -0.39 is 0 Å². The molecule has 1 aliphatic rings. The molecule has 0 radical (unpaired) electrons. The highest BCUT2D eigenvalue weighted by Crippen LogP contribution is 2.41. The van der Waals surface area contributed by atoms with Crippen molar-refractivity contribution < 1.29 is 0 Å². The molecular weight excluding hydrogens is 235 g/mol. The van der Waals surface area contributed by atoms with Crippen molar-refractivity contribution >= 4 is 27.5 Å². The number of halogens is 2. The fourth-order valence-corrected chi connectivity index (χ4v) is 2.27. The van der Waals surface area contributed by atoms with Crippen molar-refractivity contribution in [2.45, 2.75) is 24.6 Å². The van der Waals surface area contributed by atoms with Crippen LogP contribution in [0.25, 0.3) is 0 Å². The fourth-order valence-electron chi connectivity index (χ4n) is 1.34. The third kappa shape index (κ3) is 1.67. The molecule has 0 nitrogen and oxygen atoms in total. The highest BCUT2D eigenvalue weighted by Gasteiger charge is 2.23. The average molecular weight is 246 g/mol. The van der Waals surface area contributed by atoms with Crippen molar-refractivity contribution in [2.24, 2.45) is 0 Å². The largest absolute Gasteiger partial charge is 0.122 e. The number of hydrogen-bond donors (Lipinski definition) is 0. The summed E-state index contributed by atoms with van der Waals surface area (Å²) in [5, 5.41) is 0. The van der Waals surface area contributed by atoms with Crippen molar-refractivity contribution in [2.75, 3.05) is 0 Å². The van der Waals surface area contributed by atoms with Gasteiger partial charge >= 0.3 is 0 Å². The maximum absolute atomic E-state index is 5.75. The minimum Gasteiger partial charge on any atom is -0.122 e. The summed E-state index contributed by atoms with van der Waals surface area (Å²) >= 11 is 9.27. The number of hydrogen-bond acceptors (Lipinski definition) is 0. The summed E-state index contributed by atoms with van der Waals surface area (Å²) in [5.74, 6) is 1.41. The van der Waals surface area contributed by atoms with Gasteiger partial charge in [0, 0.05) is 10.4 Å². The van der Waals surface area contributed by atoms with Crippen molar-refractivity contribution in [1.82, 2.24) is 0 Å². The normalized spacial score (nSPS) is 16.5. The lowest BCUT2D eigenvalue weighted by Crippen LogP contribution is -1.84. The van der Waals surface area contributed by atoms with E-state index in [1.54, 1.807) is 0 Å². The molecule has 2 rings (SSSR count). The molecule has 1 aromatic rings. The van der Waals surface area contributed by atoms with Gasteiger partial charge in [0.05, 0.1) is 0 Å². The van der Waals surface area contributed by atoms with E-state index in [4.69, 9.17) is 11.6 Å². The second-order valence-electron chi connectivity index (χ2n) is 3.26. The van der Waals surface area contributed by atoms with E-state index in [1.807, 2.05) is 0 Å². The third-order valence-electron chi connectivity index (χ3n) is 2.27. The predicted molar refractivity (Wildman–Crippen MR) is 55.7 cm³/mol. The van der Waals surface area contributed by atoms with Crippen LogP contribution in [0.4, 0.5) is 0 Å². The van der Waals surface area contributed by atoms with Gasteiger partial charge in [-0.3, -0.25) is 0 Å². The Bertz CT molecular complexity index is 292. The minimum atomic E-state index is 0.589. The second-order valence-corrected chi connectivity index (χ2v) is 4.38. The van der Waals surface area contributed by atoms with Gasteiger partial charge in [0.25, 0.3) is 0 Å². The zero-order chi connectivity index (χ0) is 8.55. The molecule has 0 heterocycles. The SMILES string of the molecule is ClCc1ccc(C2CC2)cc1Br. The van der Waals surface area contributed by atoms with Crippen molar-refractivity contribution in [3.63, 3.8) is 0 Å². The second kappa shape index (κ2) is 3.39. The Hall–Kier alpha value is -0.0100. The molecule has 0 saturated heterocycles. The fraction of sp³-hybridized carbons (Fsp3) is 0.400. The Morgan fingerprint density at radius 3 is 2.67 bits per heavy atom. The maximum atomic E-state index is 5.75. The average Bonchev–Trinajstić information content (AvgIpc) is 2.86. The van der Waals surface area contributed by atoms with Crippen LogP contribution in [0.3, 0.4) is 0 Å². The first kappa shape index (κ1) is 8.58. The van der Waals surface area contributed by atoms with Gasteiger partial charge in [-0.25, -0.2) is 0 Å². The van der Waals surface area contributed by atoms with Crippen LogP contribution in [-0.2, 0) is 5.88 Å². The summed E-state index contributed by atoms with van der Waals surface area (Å²) in [5.41, 5.74) is 2.64. The maximum Gasteiger partial charge on any atom is 0.0485 e. The molecule has 1 saturated carbocycles. The van der Waals surface area contributed by atoms with Gasteiger partial charge in [-0.05, 0) is 36.0 Å². The Balaban J connectivity index is 2.30. The van der Waals surface area contributed by atoms with Gasteiger partial charge in [-0.2, -0.15) is 0 Å². The topological polar surface area (TPSA) is 0 Å². The molecular formula is C10H10BrCl. The summed E-state index contributed by atoms with van der Waals surface area (Å²) in [6.45, 7) is 0. The van der Waals surface area contributed by atoms with Crippen molar-refractivity contribution in [3.05, 3.63) is 33.8 Å². The molecule has 0 bridgehead atoms. The smallest absolute Gasteiger partial charge is 0.0485 e. The monoisotopic (exact) mass is 244 g/mol. The Morgan fingerprint density at radius 2 is 2.17 bits per heavy atom. The standard InChI is InChI=1S/C10H10BrCl/c11-10-5-8(7-1-2-7)3-4-9(10)6-12/h3-5,7H,1-2,6H2. The first-order chi connectivity index (χ1) is 5.81. The zero-order valence-electron chi connectivity index (χ0n) is 6.69. The van der Waals surface area contributed by atoms with Crippen LogP contribution in [-0.4, -0.2) is 0 Å². The molecule has 1 aliphatic carbocycles. The van der Waals surface area contributed by atoms with Gasteiger partial charge < -0.3 is 0 Å². The molecule has 1 aromatic carbocycles. The molecule has 2 heteroatoms. The highest BCUT2D eigenvalue weighted by molar-refractivity contribution is 9.10. The Labute approximate surface area is 86.1 Å². The van der Waals surface area contributed by atoms with Crippen LogP contribution in [0.2, 0.25) is 0 Å². The van der Waals surface area contributed by atoms with Gasteiger partial charge in [0.2, 0.25) is 0 Å². The van der Waals surface area contributed by atoms with Gasteiger partial charge in [0.15, 0.2) is 0 Å². The molecule has 0 aromatic heterocycles. The molecule has 0 atom stereocenters. The lowest BCUT2D eigenvalue weighted by Gasteiger charge is -2.02. The quantitative estimate of drug-likeness (QED) is 0.689. The van der Waals surface area contributed by atoms with Crippen LogP contribution >= 0.6 is 27.5 Å². The van der Waals surface area contributed by atoms with Crippen LogP contribution in [0.15, 0.2) is 22.7 Å². The Morgan fingerprint density at radius 1 is 1.42 bits per heavy atom. The van der Waals surface area contributed by atoms with Crippen LogP contribution in [0, 0.1) is 0 Å². The first-order valence-electron chi connectivity index (χ1n) is 4.15. The number of rotatable bonds is 2. The van der Waals surface area contributed by atoms with Gasteiger partial charge in [-0.15, -0.1) is 11.6 Å². The minimum absolute atomic E-state index is 0.589. The van der Waals surface area contributed by atoms with E-state index in [2.05, 4.69) is 34.1 Å². The zero-order valence-corrected chi connectivity index (χ0v) is 9.03. The molecule has 0 aliphatic heterocycles. The summed E-state index contributed by atoms with van der Waals surface area (Å²) in [4.78, 5) is 0. The van der Waals surface area contributed by atoms with Crippen molar-refractivity contribution in [1.29, 1.82) is 0 Å². The van der Waals surface area contributed by atoms with Crippen molar-refractivity contribution in [3.8, 4) is 0 Å². The summed E-state index contributed by atoms with van der Waals surface area (Å²) in [7, 11) is 0. The van der Waals surface area contributed by atoms with E-state index >= 15 is 0 Å². The summed E-state index contributed by atoms with van der Waals surface area (Å²) in [6, 6.07) is 6.51. The van der Waals surface area contributed by atoms with E-state index in [1.165, 1.54) is 24.0 Å². The first-order valence-corrected chi connectivity index (χ1v) is 5.48. The summed E-state index contributed by atoms with van der Waals surface area (Å²) < 4.78 is 1.15. The molecule has 0 spiro atoms. The van der Waals surface area contributed by atoms with Gasteiger partial charge in [-0.1, -0.05) is 28.1 Å². The molecule has 0 unspecified atom stereocenters. The van der Waals surface area contributed by atoms with Crippen LogP contribution in [0.1, 0.15) is 29.9 Å². The molecule has 12 heavy (non-hydrogen) atoms. The highest BCUT2D eigenvalue weighted by atomic mass is 79.9. The van der Waals surface area contributed by atoms with Crippen LogP contribution < -0.4 is 0 Å². The van der Waals surface area contributed by atoms with E-state index in [-0.39, 0.29) is 0 Å². The van der Waals surface area contributed by atoms with Crippen LogP contribution in [0.5, 0.6) is 0 Å². The van der Waals surface area contributed by atoms with E-state index in [0.717, 1.165) is 10.4 Å². The lowest BCUT2D eigenvalue weighted by molar-refractivity contribution is 1.12.